The largest absolute Gasteiger partial charge is 0.494 e. The molecule has 7 nitrogen and oxygen atoms in total. The number of nitrogens with zero attached hydrogens (tertiary/aromatic N) is 1. The molecular formula is C24H23NO6. The Kier molecular flexibility index (Phi) is 6.55. The van der Waals surface area contributed by atoms with E-state index in [2.05, 4.69) is 0 Å². The Morgan fingerprint density at radius 1 is 0.935 bits per heavy atom. The third-order valence-corrected chi connectivity index (χ3v) is 4.84. The van der Waals surface area contributed by atoms with Crippen molar-refractivity contribution in [2.75, 3.05) is 25.7 Å². The van der Waals surface area contributed by atoms with Gasteiger partial charge in [-0.1, -0.05) is 12.1 Å². The van der Waals surface area contributed by atoms with E-state index in [9.17, 15) is 14.4 Å². The molecular weight excluding hydrogens is 398 g/mol. The van der Waals surface area contributed by atoms with Crippen LogP contribution in [0.4, 0.5) is 5.69 Å². The number of anilines is 1. The molecule has 0 fully saturated rings. The topological polar surface area (TPSA) is 82.1 Å². The highest BCUT2D eigenvalue weighted by Crippen LogP contribution is 2.36. The first kappa shape index (κ1) is 21.8. The van der Waals surface area contributed by atoms with Crippen LogP contribution in [0, 0.1) is 0 Å². The van der Waals surface area contributed by atoms with Crippen molar-refractivity contribution in [3.05, 3.63) is 76.5 Å². The van der Waals surface area contributed by atoms with Crippen LogP contribution in [-0.4, -0.2) is 38.7 Å². The zero-order valence-corrected chi connectivity index (χ0v) is 17.8. The quantitative estimate of drug-likeness (QED) is 0.522. The van der Waals surface area contributed by atoms with Crippen molar-refractivity contribution in [2.45, 2.75) is 13.8 Å². The highest BCUT2D eigenvalue weighted by molar-refractivity contribution is 6.23. The highest BCUT2D eigenvalue weighted by atomic mass is 16.5. The van der Waals surface area contributed by atoms with Crippen LogP contribution in [0.2, 0.25) is 0 Å². The van der Waals surface area contributed by atoms with Gasteiger partial charge in [0.2, 0.25) is 0 Å². The Hall–Kier alpha value is -3.87. The maximum absolute atomic E-state index is 13.3. The summed E-state index contributed by atoms with van der Waals surface area (Å²) in [5, 5.41) is 0. The summed E-state index contributed by atoms with van der Waals surface area (Å²) < 4.78 is 15.1. The average Bonchev–Trinajstić information content (AvgIpc) is 3.03. The monoisotopic (exact) mass is 421 g/mol. The minimum absolute atomic E-state index is 0.193. The first-order valence-corrected chi connectivity index (χ1v) is 9.68. The van der Waals surface area contributed by atoms with Gasteiger partial charge < -0.3 is 14.2 Å². The first-order valence-electron chi connectivity index (χ1n) is 9.68. The molecule has 0 N–H and O–H groups in total. The van der Waals surface area contributed by atoms with E-state index in [1.165, 1.54) is 19.1 Å². The van der Waals surface area contributed by atoms with E-state index < -0.39 is 11.9 Å². The molecule has 3 rings (SSSR count). The molecule has 1 aliphatic rings. The molecule has 7 heteroatoms. The van der Waals surface area contributed by atoms with Gasteiger partial charge in [-0.3, -0.25) is 9.69 Å². The minimum atomic E-state index is -0.600. The Morgan fingerprint density at radius 2 is 1.55 bits per heavy atom. The van der Waals surface area contributed by atoms with Gasteiger partial charge in [0.05, 0.1) is 37.5 Å². The summed E-state index contributed by atoms with van der Waals surface area (Å²) in [5.74, 6) is -0.714. The Balaban J connectivity index is 2.02. The number of rotatable bonds is 6. The lowest BCUT2D eigenvalue weighted by molar-refractivity contribution is -0.136. The van der Waals surface area contributed by atoms with Crippen LogP contribution < -0.4 is 9.64 Å². The molecule has 0 bridgehead atoms. The summed E-state index contributed by atoms with van der Waals surface area (Å²) in [7, 11) is 2.58. The summed E-state index contributed by atoms with van der Waals surface area (Å²) in [6, 6.07) is 13.6. The molecule has 0 saturated heterocycles. The van der Waals surface area contributed by atoms with Crippen molar-refractivity contribution in [1.82, 2.24) is 0 Å². The van der Waals surface area contributed by atoms with Gasteiger partial charge in [-0.05, 0) is 61.9 Å². The van der Waals surface area contributed by atoms with Crippen LogP contribution in [-0.2, 0) is 19.1 Å². The lowest BCUT2D eigenvalue weighted by atomic mass is 10.0. The van der Waals surface area contributed by atoms with E-state index in [4.69, 9.17) is 14.2 Å². The van der Waals surface area contributed by atoms with E-state index in [1.807, 2.05) is 6.92 Å². The second-order valence-corrected chi connectivity index (χ2v) is 6.69. The molecule has 0 radical (unpaired) electrons. The third-order valence-electron chi connectivity index (χ3n) is 4.84. The molecule has 1 amide bonds. The number of hydrogen-bond donors (Lipinski definition) is 0. The van der Waals surface area contributed by atoms with Gasteiger partial charge >= 0.3 is 11.9 Å². The molecule has 0 atom stereocenters. The van der Waals surface area contributed by atoms with Crippen molar-refractivity contribution in [2.24, 2.45) is 0 Å². The van der Waals surface area contributed by atoms with Crippen molar-refractivity contribution in [3.8, 4) is 5.75 Å². The van der Waals surface area contributed by atoms with E-state index in [1.54, 1.807) is 61.5 Å². The zero-order valence-electron chi connectivity index (χ0n) is 17.8. The van der Waals surface area contributed by atoms with E-state index in [0.717, 1.165) is 0 Å². The van der Waals surface area contributed by atoms with E-state index >= 15 is 0 Å². The maximum Gasteiger partial charge on any atom is 0.340 e. The molecule has 2 aromatic rings. The molecule has 2 aromatic carbocycles. The number of ether oxygens (including phenoxy) is 3. The second kappa shape index (κ2) is 9.30. The predicted octanol–water partition coefficient (Wildman–Crippen LogP) is 3.75. The number of methoxy groups -OCH3 is 2. The molecule has 0 unspecified atom stereocenters. The van der Waals surface area contributed by atoms with Crippen molar-refractivity contribution >= 4 is 29.6 Å². The molecule has 0 spiro atoms. The van der Waals surface area contributed by atoms with Crippen molar-refractivity contribution in [3.63, 3.8) is 0 Å². The van der Waals surface area contributed by atoms with E-state index in [0.29, 0.717) is 34.9 Å². The molecule has 0 aromatic heterocycles. The van der Waals surface area contributed by atoms with Crippen LogP contribution in [0.25, 0.3) is 6.08 Å². The number of esters is 2. The number of amides is 1. The van der Waals surface area contributed by atoms with Gasteiger partial charge in [-0.25, -0.2) is 9.59 Å². The number of hydrogen-bond acceptors (Lipinski definition) is 6. The summed E-state index contributed by atoms with van der Waals surface area (Å²) in [5.41, 5.74) is 2.52. The smallest absolute Gasteiger partial charge is 0.340 e. The van der Waals surface area contributed by atoms with Crippen LogP contribution in [0.15, 0.2) is 65.4 Å². The fraction of sp³-hybridized carbons (Fsp3) is 0.208. The summed E-state index contributed by atoms with van der Waals surface area (Å²) >= 11 is 0. The number of benzene rings is 2. The molecule has 0 aliphatic carbocycles. The summed E-state index contributed by atoms with van der Waals surface area (Å²) in [4.78, 5) is 38.9. The lowest BCUT2D eigenvalue weighted by Crippen LogP contribution is -2.24. The maximum atomic E-state index is 13.3. The van der Waals surface area contributed by atoms with Crippen LogP contribution >= 0.6 is 0 Å². The number of allylic oxidation sites excluding steroid dienone is 1. The Morgan fingerprint density at radius 3 is 2.10 bits per heavy atom. The fourth-order valence-electron chi connectivity index (χ4n) is 3.35. The molecule has 1 heterocycles. The normalized spacial score (nSPS) is 14.8. The van der Waals surface area contributed by atoms with Gasteiger partial charge in [0, 0.05) is 11.4 Å². The SMILES string of the molecule is CCOc1ccc(N2C(=O)/C(=C\c3ccc(C(=O)OC)cc3)C(C(=O)OC)=C2C)cc1. The summed E-state index contributed by atoms with van der Waals surface area (Å²) in [6.07, 6.45) is 1.60. The first-order chi connectivity index (χ1) is 14.9. The van der Waals surface area contributed by atoms with Gasteiger partial charge in [0.25, 0.3) is 5.91 Å². The van der Waals surface area contributed by atoms with Gasteiger partial charge in [-0.2, -0.15) is 0 Å². The van der Waals surface area contributed by atoms with Crippen molar-refractivity contribution < 1.29 is 28.6 Å². The van der Waals surface area contributed by atoms with Crippen LogP contribution in [0.3, 0.4) is 0 Å². The van der Waals surface area contributed by atoms with Crippen LogP contribution in [0.1, 0.15) is 29.8 Å². The summed E-state index contributed by atoms with van der Waals surface area (Å²) in [6.45, 7) is 4.12. The average molecular weight is 421 g/mol. The standard InChI is InChI=1S/C24H23NO6/c1-5-31-19-12-10-18(11-13-19)25-15(2)21(24(28)30-4)20(22(25)26)14-16-6-8-17(9-7-16)23(27)29-3/h6-14H,5H2,1-4H3/b20-14-. The number of carbonyl (C=O) groups is 3. The lowest BCUT2D eigenvalue weighted by Gasteiger charge is -2.18. The minimum Gasteiger partial charge on any atom is -0.494 e. The van der Waals surface area contributed by atoms with Gasteiger partial charge in [-0.15, -0.1) is 0 Å². The number of carbonyl (C=O) groups excluding carboxylic acids is 3. The molecule has 0 saturated carbocycles. The highest BCUT2D eigenvalue weighted by Gasteiger charge is 2.37. The predicted molar refractivity (Wildman–Crippen MR) is 116 cm³/mol. The molecule has 1 aliphatic heterocycles. The van der Waals surface area contributed by atoms with E-state index in [-0.39, 0.29) is 17.1 Å². The zero-order chi connectivity index (χ0) is 22.5. The fourth-order valence-corrected chi connectivity index (χ4v) is 3.35. The Labute approximate surface area is 180 Å². The van der Waals surface area contributed by atoms with Crippen molar-refractivity contribution in [1.29, 1.82) is 0 Å². The Bertz CT molecular complexity index is 1060. The third kappa shape index (κ3) is 4.35. The second-order valence-electron chi connectivity index (χ2n) is 6.69. The van der Waals surface area contributed by atoms with Gasteiger partial charge in [0.15, 0.2) is 0 Å². The van der Waals surface area contributed by atoms with Gasteiger partial charge in [0.1, 0.15) is 5.75 Å². The molecule has 31 heavy (non-hydrogen) atoms. The van der Waals surface area contributed by atoms with Crippen LogP contribution in [0.5, 0.6) is 5.75 Å². The molecule has 160 valence electrons.